The number of hydrogen-bond acceptors (Lipinski definition) is 2. The molecule has 0 radical (unpaired) electrons. The van der Waals surface area contributed by atoms with E-state index in [0.29, 0.717) is 6.04 Å². The Balaban J connectivity index is 1.96. The highest BCUT2D eigenvalue weighted by atomic mass is 16.5. The molecular formula is C18H21NO. The van der Waals surface area contributed by atoms with E-state index in [1.165, 1.54) is 27.8 Å². The minimum absolute atomic E-state index is 0.424. The van der Waals surface area contributed by atoms with Crippen molar-refractivity contribution in [2.24, 2.45) is 0 Å². The van der Waals surface area contributed by atoms with Gasteiger partial charge in [0.05, 0.1) is 13.2 Å². The van der Waals surface area contributed by atoms with Crippen molar-refractivity contribution in [3.05, 3.63) is 59.2 Å². The molecule has 0 saturated carbocycles. The molecule has 1 aliphatic heterocycles. The first-order valence-corrected chi connectivity index (χ1v) is 7.29. The van der Waals surface area contributed by atoms with Crippen molar-refractivity contribution in [2.75, 3.05) is 7.05 Å². The highest BCUT2D eigenvalue weighted by molar-refractivity contribution is 5.66. The summed E-state index contributed by atoms with van der Waals surface area (Å²) in [5.74, 6) is 0. The van der Waals surface area contributed by atoms with Gasteiger partial charge in [0.25, 0.3) is 0 Å². The van der Waals surface area contributed by atoms with E-state index in [9.17, 15) is 0 Å². The molecular weight excluding hydrogens is 246 g/mol. The summed E-state index contributed by atoms with van der Waals surface area (Å²) < 4.78 is 5.49. The zero-order valence-corrected chi connectivity index (χ0v) is 12.1. The lowest BCUT2D eigenvalue weighted by Gasteiger charge is -2.15. The van der Waals surface area contributed by atoms with E-state index in [1.807, 2.05) is 7.05 Å². The summed E-state index contributed by atoms with van der Waals surface area (Å²) in [6, 6.07) is 15.9. The summed E-state index contributed by atoms with van der Waals surface area (Å²) in [5, 5.41) is 3.37. The third-order valence-electron chi connectivity index (χ3n) is 4.10. The lowest BCUT2D eigenvalue weighted by atomic mass is 9.96. The SMILES string of the molecule is CCC(NC)c1cccc(-c2ccc3c(c2)COC3)c1. The van der Waals surface area contributed by atoms with Crippen LogP contribution in [-0.2, 0) is 18.0 Å². The largest absolute Gasteiger partial charge is 0.372 e. The lowest BCUT2D eigenvalue weighted by molar-refractivity contribution is 0.134. The zero-order valence-electron chi connectivity index (χ0n) is 12.1. The molecule has 1 heterocycles. The van der Waals surface area contributed by atoms with Gasteiger partial charge in [-0.1, -0.05) is 37.3 Å². The van der Waals surface area contributed by atoms with Gasteiger partial charge in [0.2, 0.25) is 0 Å². The van der Waals surface area contributed by atoms with Crippen molar-refractivity contribution in [1.82, 2.24) is 5.32 Å². The van der Waals surface area contributed by atoms with Crippen molar-refractivity contribution < 1.29 is 4.74 Å². The van der Waals surface area contributed by atoms with Crippen LogP contribution in [0.5, 0.6) is 0 Å². The Morgan fingerprint density at radius 3 is 2.65 bits per heavy atom. The first-order valence-electron chi connectivity index (χ1n) is 7.29. The van der Waals surface area contributed by atoms with Crippen LogP contribution in [0.3, 0.4) is 0 Å². The number of fused-ring (bicyclic) bond motifs is 1. The molecule has 0 aromatic heterocycles. The fourth-order valence-corrected chi connectivity index (χ4v) is 2.89. The van der Waals surface area contributed by atoms with Crippen LogP contribution in [-0.4, -0.2) is 7.05 Å². The van der Waals surface area contributed by atoms with Crippen LogP contribution in [0.4, 0.5) is 0 Å². The Kier molecular flexibility index (Phi) is 3.86. The van der Waals surface area contributed by atoms with Crippen LogP contribution in [0, 0.1) is 0 Å². The Morgan fingerprint density at radius 2 is 1.85 bits per heavy atom. The fourth-order valence-electron chi connectivity index (χ4n) is 2.89. The van der Waals surface area contributed by atoms with E-state index in [-0.39, 0.29) is 0 Å². The average molecular weight is 267 g/mol. The molecule has 2 aromatic rings. The van der Waals surface area contributed by atoms with E-state index < -0.39 is 0 Å². The molecule has 0 fully saturated rings. The smallest absolute Gasteiger partial charge is 0.0725 e. The van der Waals surface area contributed by atoms with Gasteiger partial charge in [-0.05, 0) is 53.4 Å². The van der Waals surface area contributed by atoms with Crippen LogP contribution in [0.15, 0.2) is 42.5 Å². The maximum atomic E-state index is 5.49. The second-order valence-corrected chi connectivity index (χ2v) is 5.35. The highest BCUT2D eigenvalue weighted by Crippen LogP contribution is 2.28. The number of rotatable bonds is 4. The second-order valence-electron chi connectivity index (χ2n) is 5.35. The number of ether oxygens (including phenoxy) is 1. The van der Waals surface area contributed by atoms with E-state index in [0.717, 1.165) is 19.6 Å². The van der Waals surface area contributed by atoms with Gasteiger partial charge < -0.3 is 10.1 Å². The van der Waals surface area contributed by atoms with E-state index in [1.54, 1.807) is 0 Å². The summed E-state index contributed by atoms with van der Waals surface area (Å²) in [4.78, 5) is 0. The minimum atomic E-state index is 0.424. The first kappa shape index (κ1) is 13.3. The molecule has 1 atom stereocenters. The Labute approximate surface area is 120 Å². The van der Waals surface area contributed by atoms with Crippen LogP contribution >= 0.6 is 0 Å². The molecule has 1 aliphatic rings. The van der Waals surface area contributed by atoms with Crippen LogP contribution in [0.2, 0.25) is 0 Å². The first-order chi connectivity index (χ1) is 9.81. The van der Waals surface area contributed by atoms with E-state index in [4.69, 9.17) is 4.74 Å². The average Bonchev–Trinajstić information content (AvgIpc) is 2.96. The maximum Gasteiger partial charge on any atom is 0.0725 e. The van der Waals surface area contributed by atoms with Crippen molar-refractivity contribution in [3.63, 3.8) is 0 Å². The summed E-state index contributed by atoms with van der Waals surface area (Å²) in [5.41, 5.74) is 6.57. The Bertz CT molecular complexity index is 602. The standard InChI is InChI=1S/C18H21NO/c1-3-18(19-2)15-6-4-5-13(9-15)14-7-8-16-11-20-12-17(16)10-14/h4-10,18-19H,3,11-12H2,1-2H3. The summed E-state index contributed by atoms with van der Waals surface area (Å²) >= 11 is 0. The van der Waals surface area contributed by atoms with Crippen LogP contribution in [0.1, 0.15) is 36.1 Å². The third-order valence-corrected chi connectivity index (χ3v) is 4.10. The third kappa shape index (κ3) is 2.49. The predicted molar refractivity (Wildman–Crippen MR) is 82.5 cm³/mol. The van der Waals surface area contributed by atoms with Crippen molar-refractivity contribution in [2.45, 2.75) is 32.6 Å². The van der Waals surface area contributed by atoms with Crippen molar-refractivity contribution in [3.8, 4) is 11.1 Å². The molecule has 0 aliphatic carbocycles. The monoisotopic (exact) mass is 267 g/mol. The second kappa shape index (κ2) is 5.78. The topological polar surface area (TPSA) is 21.3 Å². The van der Waals surface area contributed by atoms with Crippen LogP contribution < -0.4 is 5.32 Å². The molecule has 0 spiro atoms. The molecule has 2 nitrogen and oxygen atoms in total. The van der Waals surface area contributed by atoms with Gasteiger partial charge in [-0.3, -0.25) is 0 Å². The quantitative estimate of drug-likeness (QED) is 0.902. The number of nitrogens with one attached hydrogen (secondary N) is 1. The predicted octanol–water partition coefficient (Wildman–Crippen LogP) is 4.05. The molecule has 0 bridgehead atoms. The molecule has 0 saturated heterocycles. The molecule has 0 amide bonds. The highest BCUT2D eigenvalue weighted by Gasteiger charge is 2.13. The molecule has 3 rings (SSSR count). The Morgan fingerprint density at radius 1 is 1.05 bits per heavy atom. The molecule has 2 aromatic carbocycles. The maximum absolute atomic E-state index is 5.49. The van der Waals surface area contributed by atoms with Gasteiger partial charge in [0.15, 0.2) is 0 Å². The van der Waals surface area contributed by atoms with Gasteiger partial charge in [-0.25, -0.2) is 0 Å². The van der Waals surface area contributed by atoms with Gasteiger partial charge in [-0.2, -0.15) is 0 Å². The fraction of sp³-hybridized carbons (Fsp3) is 0.333. The number of hydrogen-bond donors (Lipinski definition) is 1. The molecule has 1 unspecified atom stereocenters. The number of benzene rings is 2. The van der Waals surface area contributed by atoms with Crippen LogP contribution in [0.25, 0.3) is 11.1 Å². The Hall–Kier alpha value is -1.64. The zero-order chi connectivity index (χ0) is 13.9. The van der Waals surface area contributed by atoms with Crippen molar-refractivity contribution >= 4 is 0 Å². The normalized spacial score (nSPS) is 15.1. The van der Waals surface area contributed by atoms with Gasteiger partial charge >= 0.3 is 0 Å². The van der Waals surface area contributed by atoms with Crippen molar-refractivity contribution in [1.29, 1.82) is 0 Å². The molecule has 104 valence electrons. The lowest BCUT2D eigenvalue weighted by Crippen LogP contribution is -2.15. The molecule has 2 heteroatoms. The van der Waals surface area contributed by atoms with E-state index in [2.05, 4.69) is 54.7 Å². The van der Waals surface area contributed by atoms with Gasteiger partial charge in [0, 0.05) is 6.04 Å². The molecule has 1 N–H and O–H groups in total. The van der Waals surface area contributed by atoms with Gasteiger partial charge in [0.1, 0.15) is 0 Å². The van der Waals surface area contributed by atoms with E-state index >= 15 is 0 Å². The molecule has 20 heavy (non-hydrogen) atoms. The minimum Gasteiger partial charge on any atom is -0.372 e. The van der Waals surface area contributed by atoms with Gasteiger partial charge in [-0.15, -0.1) is 0 Å². The summed E-state index contributed by atoms with van der Waals surface area (Å²) in [6.45, 7) is 3.71. The summed E-state index contributed by atoms with van der Waals surface area (Å²) in [6.07, 6.45) is 1.10. The summed E-state index contributed by atoms with van der Waals surface area (Å²) in [7, 11) is 2.02.